The zero-order chi connectivity index (χ0) is 13.1. The lowest BCUT2D eigenvalue weighted by Gasteiger charge is -2.28. The second-order valence-electron chi connectivity index (χ2n) is 3.75. The van der Waals surface area contributed by atoms with Crippen molar-refractivity contribution >= 4 is 0 Å². The number of hydrogen-bond donors (Lipinski definition) is 0. The van der Waals surface area contributed by atoms with E-state index in [0.29, 0.717) is 0 Å². The molecule has 0 spiro atoms. The molecule has 0 aromatic heterocycles. The molecule has 2 atom stereocenters. The Kier molecular flexibility index (Phi) is 4.88. The van der Waals surface area contributed by atoms with Crippen LogP contribution in [0.5, 0.6) is 0 Å². The molecule has 0 bridgehead atoms. The van der Waals surface area contributed by atoms with E-state index in [2.05, 4.69) is 6.58 Å². The molecule has 2 unspecified atom stereocenters. The van der Waals surface area contributed by atoms with Crippen LogP contribution in [0.4, 0.5) is 26.3 Å². The van der Waals surface area contributed by atoms with Gasteiger partial charge in [-0.25, -0.2) is 0 Å². The molecule has 96 valence electrons. The van der Waals surface area contributed by atoms with E-state index in [4.69, 9.17) is 0 Å². The summed E-state index contributed by atoms with van der Waals surface area (Å²) >= 11 is 0. The van der Waals surface area contributed by atoms with Crippen molar-refractivity contribution in [2.75, 3.05) is 0 Å². The molecule has 0 rings (SSSR count). The highest BCUT2D eigenvalue weighted by molar-refractivity contribution is 5.09. The second kappa shape index (κ2) is 5.10. The minimum absolute atomic E-state index is 0.168. The Morgan fingerprint density at radius 3 is 1.81 bits per heavy atom. The Hall–Kier alpha value is -0.680. The molecule has 0 saturated heterocycles. The predicted octanol–water partition coefficient (Wildman–Crippen LogP) is 4.72. The molecule has 0 N–H and O–H groups in total. The van der Waals surface area contributed by atoms with Crippen LogP contribution in [0.2, 0.25) is 0 Å². The van der Waals surface area contributed by atoms with Gasteiger partial charge in [-0.05, 0) is 12.3 Å². The highest BCUT2D eigenvalue weighted by Crippen LogP contribution is 2.42. The fourth-order valence-corrected chi connectivity index (χ4v) is 1.48. The van der Waals surface area contributed by atoms with Crippen LogP contribution >= 0.6 is 0 Å². The number of allylic oxidation sites excluding steroid dienone is 1. The smallest absolute Gasteiger partial charge is 0.171 e. The molecule has 0 amide bonds. The van der Waals surface area contributed by atoms with Gasteiger partial charge in [-0.2, -0.15) is 26.3 Å². The molecular formula is C10H14F6. The summed E-state index contributed by atoms with van der Waals surface area (Å²) in [5.41, 5.74) is -1.29. The Labute approximate surface area is 90.3 Å². The van der Waals surface area contributed by atoms with E-state index in [1.54, 1.807) is 6.92 Å². The van der Waals surface area contributed by atoms with Gasteiger partial charge >= 0.3 is 12.4 Å². The first-order valence-corrected chi connectivity index (χ1v) is 4.84. The maximum absolute atomic E-state index is 12.4. The SMILES string of the molecule is C=C(C(CCC)C(C)C(F)(F)F)C(F)(F)F. The molecule has 16 heavy (non-hydrogen) atoms. The van der Waals surface area contributed by atoms with Crippen molar-refractivity contribution < 1.29 is 26.3 Å². The zero-order valence-corrected chi connectivity index (χ0v) is 9.04. The number of hydrogen-bond acceptors (Lipinski definition) is 0. The van der Waals surface area contributed by atoms with Crippen LogP contribution < -0.4 is 0 Å². The van der Waals surface area contributed by atoms with E-state index in [0.717, 1.165) is 6.92 Å². The minimum Gasteiger partial charge on any atom is -0.171 e. The molecule has 0 aromatic carbocycles. The third-order valence-electron chi connectivity index (χ3n) is 2.53. The summed E-state index contributed by atoms with van der Waals surface area (Å²) in [6, 6.07) is 0. The van der Waals surface area contributed by atoms with E-state index in [9.17, 15) is 26.3 Å². The molecule has 0 aliphatic rings. The fraction of sp³-hybridized carbons (Fsp3) is 0.800. The topological polar surface area (TPSA) is 0 Å². The summed E-state index contributed by atoms with van der Waals surface area (Å²) in [7, 11) is 0. The van der Waals surface area contributed by atoms with Gasteiger partial charge in [0, 0.05) is 5.57 Å². The van der Waals surface area contributed by atoms with Crippen LogP contribution in [-0.4, -0.2) is 12.4 Å². The number of rotatable bonds is 4. The predicted molar refractivity (Wildman–Crippen MR) is 48.8 cm³/mol. The third-order valence-corrected chi connectivity index (χ3v) is 2.53. The molecule has 0 nitrogen and oxygen atoms in total. The molecule has 0 aliphatic carbocycles. The minimum atomic E-state index is -4.76. The molecule has 0 aromatic rings. The largest absolute Gasteiger partial charge is 0.412 e. The summed E-state index contributed by atoms with van der Waals surface area (Å²) in [6.07, 6.45) is -9.31. The standard InChI is InChI=1S/C10H14F6/c1-4-5-8(6(2)9(11,12)13)7(3)10(14,15)16/h7-8H,2,4-5H2,1,3H3. The van der Waals surface area contributed by atoms with Crippen molar-refractivity contribution in [3.63, 3.8) is 0 Å². The molecule has 0 saturated carbocycles. The van der Waals surface area contributed by atoms with E-state index in [1.807, 2.05) is 0 Å². The summed E-state index contributed by atoms with van der Waals surface area (Å²) in [5, 5.41) is 0. The normalized spacial score (nSPS) is 17.0. The van der Waals surface area contributed by atoms with Crippen LogP contribution in [-0.2, 0) is 0 Å². The van der Waals surface area contributed by atoms with Crippen molar-refractivity contribution in [1.29, 1.82) is 0 Å². The average Bonchev–Trinajstić information content (AvgIpc) is 2.09. The maximum Gasteiger partial charge on any atom is 0.412 e. The van der Waals surface area contributed by atoms with Crippen molar-refractivity contribution in [2.24, 2.45) is 11.8 Å². The zero-order valence-electron chi connectivity index (χ0n) is 9.04. The van der Waals surface area contributed by atoms with Gasteiger partial charge in [0.25, 0.3) is 0 Å². The van der Waals surface area contributed by atoms with Crippen LogP contribution in [0.25, 0.3) is 0 Å². The first-order chi connectivity index (χ1) is 7.01. The van der Waals surface area contributed by atoms with Crippen molar-refractivity contribution in [3.05, 3.63) is 12.2 Å². The second-order valence-corrected chi connectivity index (χ2v) is 3.75. The lowest BCUT2D eigenvalue weighted by atomic mass is 9.83. The lowest BCUT2D eigenvalue weighted by Crippen LogP contribution is -2.32. The Morgan fingerprint density at radius 2 is 1.56 bits per heavy atom. The van der Waals surface area contributed by atoms with Crippen LogP contribution in [0.1, 0.15) is 26.7 Å². The quantitative estimate of drug-likeness (QED) is 0.499. The van der Waals surface area contributed by atoms with Gasteiger partial charge < -0.3 is 0 Å². The van der Waals surface area contributed by atoms with Gasteiger partial charge in [0.05, 0.1) is 5.92 Å². The molecule has 0 radical (unpaired) electrons. The fourth-order valence-electron chi connectivity index (χ4n) is 1.48. The van der Waals surface area contributed by atoms with Gasteiger partial charge in [-0.3, -0.25) is 0 Å². The first kappa shape index (κ1) is 15.3. The van der Waals surface area contributed by atoms with Crippen LogP contribution in [0, 0.1) is 11.8 Å². The highest BCUT2D eigenvalue weighted by atomic mass is 19.4. The monoisotopic (exact) mass is 248 g/mol. The average molecular weight is 248 g/mol. The van der Waals surface area contributed by atoms with Crippen molar-refractivity contribution in [3.8, 4) is 0 Å². The van der Waals surface area contributed by atoms with Gasteiger partial charge in [0.15, 0.2) is 0 Å². The van der Waals surface area contributed by atoms with Crippen LogP contribution in [0.15, 0.2) is 12.2 Å². The van der Waals surface area contributed by atoms with E-state index in [1.165, 1.54) is 0 Å². The summed E-state index contributed by atoms with van der Waals surface area (Å²) in [4.78, 5) is 0. The van der Waals surface area contributed by atoms with Gasteiger partial charge in [0.1, 0.15) is 0 Å². The molecule has 6 heteroatoms. The molecule has 0 aliphatic heterocycles. The van der Waals surface area contributed by atoms with Crippen LogP contribution in [0.3, 0.4) is 0 Å². The van der Waals surface area contributed by atoms with Gasteiger partial charge in [-0.15, -0.1) is 0 Å². The van der Waals surface area contributed by atoms with Crippen molar-refractivity contribution in [1.82, 2.24) is 0 Å². The first-order valence-electron chi connectivity index (χ1n) is 4.84. The molecule has 0 fully saturated rings. The van der Waals surface area contributed by atoms with E-state index < -0.39 is 29.8 Å². The molecular weight excluding hydrogens is 234 g/mol. The maximum atomic E-state index is 12.4. The number of alkyl halides is 6. The number of halogens is 6. The molecule has 0 heterocycles. The van der Waals surface area contributed by atoms with Crippen molar-refractivity contribution in [2.45, 2.75) is 39.0 Å². The Balaban J connectivity index is 4.95. The van der Waals surface area contributed by atoms with Gasteiger partial charge in [-0.1, -0.05) is 26.8 Å². The lowest BCUT2D eigenvalue weighted by molar-refractivity contribution is -0.187. The summed E-state index contributed by atoms with van der Waals surface area (Å²) < 4.78 is 74.0. The highest BCUT2D eigenvalue weighted by Gasteiger charge is 2.47. The summed E-state index contributed by atoms with van der Waals surface area (Å²) in [6.45, 7) is 5.06. The third kappa shape index (κ3) is 4.06. The Bertz CT molecular complexity index is 237. The van der Waals surface area contributed by atoms with Gasteiger partial charge in [0.2, 0.25) is 0 Å². The Morgan fingerprint density at radius 1 is 1.12 bits per heavy atom. The summed E-state index contributed by atoms with van der Waals surface area (Å²) in [5.74, 6) is -3.62. The van der Waals surface area contributed by atoms with E-state index in [-0.39, 0.29) is 12.8 Å². The van der Waals surface area contributed by atoms with E-state index >= 15 is 0 Å².